The van der Waals surface area contributed by atoms with Crippen LogP contribution in [0.2, 0.25) is 0 Å². The van der Waals surface area contributed by atoms with Gasteiger partial charge in [0, 0.05) is 6.42 Å². The Morgan fingerprint density at radius 3 is 1.34 bits per heavy atom. The van der Waals surface area contributed by atoms with Gasteiger partial charge >= 0.3 is 0 Å². The van der Waals surface area contributed by atoms with Gasteiger partial charge in [0.05, 0.1) is 38.6 Å². The van der Waals surface area contributed by atoms with E-state index in [4.69, 9.17) is 28.4 Å². The molecule has 0 aliphatic carbocycles. The van der Waals surface area contributed by atoms with Crippen molar-refractivity contribution >= 4 is 5.91 Å². The van der Waals surface area contributed by atoms with Gasteiger partial charge in [0.1, 0.15) is 73.2 Å². The minimum Gasteiger partial charge on any atom is -0.394 e. The van der Waals surface area contributed by atoms with Crippen molar-refractivity contribution in [3.63, 3.8) is 0 Å². The third kappa shape index (κ3) is 21.8. The van der Waals surface area contributed by atoms with E-state index in [0.717, 1.165) is 44.9 Å². The molecule has 0 aromatic heterocycles. The Labute approximate surface area is 416 Å². The molecule has 0 radical (unpaired) electrons. The van der Waals surface area contributed by atoms with Gasteiger partial charge in [-0.2, -0.15) is 0 Å². The number of aliphatic hydroxyl groups is 11. The lowest BCUT2D eigenvalue weighted by molar-refractivity contribution is -0.379. The summed E-state index contributed by atoms with van der Waals surface area (Å²) in [6.07, 6.45) is 5.72. The molecule has 0 aromatic rings. The van der Waals surface area contributed by atoms with Crippen molar-refractivity contribution in [3.05, 3.63) is 12.2 Å². The average molecular weight is 1010 g/mol. The number of unbranched alkanes of at least 4 members (excludes halogenated alkanes) is 22. The van der Waals surface area contributed by atoms with Gasteiger partial charge in [-0.15, -0.1) is 0 Å². The Morgan fingerprint density at radius 1 is 0.500 bits per heavy atom. The molecule has 3 rings (SSSR count). The second-order valence-electron chi connectivity index (χ2n) is 19.7. The van der Waals surface area contributed by atoms with E-state index < -0.39 is 124 Å². The monoisotopic (exact) mass is 1010 g/mol. The molecule has 0 saturated carbocycles. The molecule has 3 fully saturated rings. The molecule has 0 spiro atoms. The first-order valence-electron chi connectivity index (χ1n) is 26.9. The van der Waals surface area contributed by atoms with Crippen LogP contribution in [0.4, 0.5) is 0 Å². The molecule has 19 nitrogen and oxygen atoms in total. The predicted octanol–water partition coefficient (Wildman–Crippen LogP) is 2.65. The molecule has 70 heavy (non-hydrogen) atoms. The predicted molar refractivity (Wildman–Crippen MR) is 259 cm³/mol. The number of rotatable bonds is 38. The molecule has 412 valence electrons. The van der Waals surface area contributed by atoms with Crippen LogP contribution in [-0.2, 0) is 33.2 Å². The van der Waals surface area contributed by atoms with Crippen molar-refractivity contribution in [2.24, 2.45) is 0 Å². The van der Waals surface area contributed by atoms with Crippen LogP contribution in [0.5, 0.6) is 0 Å². The molecule has 3 saturated heterocycles. The van der Waals surface area contributed by atoms with E-state index in [-0.39, 0.29) is 18.9 Å². The Kier molecular flexibility index (Phi) is 32.7. The fourth-order valence-corrected chi connectivity index (χ4v) is 9.31. The summed E-state index contributed by atoms with van der Waals surface area (Å²) < 4.78 is 34.0. The first kappa shape index (κ1) is 62.8. The molecule has 3 aliphatic rings. The first-order valence-corrected chi connectivity index (χ1v) is 26.9. The van der Waals surface area contributed by atoms with Gasteiger partial charge in [-0.25, -0.2) is 0 Å². The molecule has 19 heteroatoms. The summed E-state index contributed by atoms with van der Waals surface area (Å²) in [6, 6.07) is -0.963. The van der Waals surface area contributed by atoms with Crippen molar-refractivity contribution < 1.29 is 89.4 Å². The Morgan fingerprint density at radius 2 is 0.886 bits per heavy atom. The topological polar surface area (TPSA) is 307 Å². The van der Waals surface area contributed by atoms with Gasteiger partial charge in [0.15, 0.2) is 18.9 Å². The van der Waals surface area contributed by atoms with E-state index in [1.54, 1.807) is 6.08 Å². The van der Waals surface area contributed by atoms with E-state index in [9.17, 15) is 61.0 Å². The summed E-state index contributed by atoms with van der Waals surface area (Å²) in [4.78, 5) is 13.2. The van der Waals surface area contributed by atoms with Crippen LogP contribution in [-0.4, -0.2) is 193 Å². The van der Waals surface area contributed by atoms with Crippen molar-refractivity contribution in [1.29, 1.82) is 0 Å². The molecule has 3 heterocycles. The van der Waals surface area contributed by atoms with Crippen LogP contribution in [0.3, 0.4) is 0 Å². The molecule has 12 N–H and O–H groups in total. The number of carbonyl (C=O) groups is 1. The summed E-state index contributed by atoms with van der Waals surface area (Å²) >= 11 is 0. The lowest BCUT2D eigenvalue weighted by Gasteiger charge is -2.48. The summed E-state index contributed by atoms with van der Waals surface area (Å²) in [5.74, 6) is -0.281. The molecule has 17 unspecified atom stereocenters. The van der Waals surface area contributed by atoms with Crippen molar-refractivity contribution in [2.45, 2.75) is 279 Å². The van der Waals surface area contributed by atoms with E-state index >= 15 is 0 Å². The third-order valence-electron chi connectivity index (χ3n) is 13.8. The van der Waals surface area contributed by atoms with E-state index in [2.05, 4.69) is 19.2 Å². The number of nitrogens with one attached hydrogen (secondary N) is 1. The smallest absolute Gasteiger partial charge is 0.220 e. The van der Waals surface area contributed by atoms with Gasteiger partial charge in [0.2, 0.25) is 5.91 Å². The second kappa shape index (κ2) is 36.5. The Bertz CT molecular complexity index is 1350. The molecule has 17 atom stereocenters. The Hall–Kier alpha value is -1.47. The highest BCUT2D eigenvalue weighted by atomic mass is 16.8. The molecular formula is C51H95NO18. The summed E-state index contributed by atoms with van der Waals surface area (Å²) in [6.45, 7) is 1.58. The van der Waals surface area contributed by atoms with E-state index in [0.29, 0.717) is 6.42 Å². The fourth-order valence-electron chi connectivity index (χ4n) is 9.31. The van der Waals surface area contributed by atoms with Crippen LogP contribution in [0.15, 0.2) is 12.2 Å². The zero-order valence-corrected chi connectivity index (χ0v) is 42.3. The van der Waals surface area contributed by atoms with Gasteiger partial charge in [-0.1, -0.05) is 161 Å². The molecular weight excluding hydrogens is 915 g/mol. The van der Waals surface area contributed by atoms with Crippen molar-refractivity contribution in [1.82, 2.24) is 5.32 Å². The van der Waals surface area contributed by atoms with Crippen LogP contribution in [0.1, 0.15) is 174 Å². The normalized spacial score (nSPS) is 32.6. The second-order valence-corrected chi connectivity index (χ2v) is 19.7. The maximum absolute atomic E-state index is 13.2. The maximum atomic E-state index is 13.2. The van der Waals surface area contributed by atoms with E-state index in [1.807, 2.05) is 6.08 Å². The van der Waals surface area contributed by atoms with Crippen molar-refractivity contribution in [2.75, 3.05) is 26.4 Å². The molecule has 0 aromatic carbocycles. The minimum atomic E-state index is -1.97. The van der Waals surface area contributed by atoms with Gasteiger partial charge in [-0.05, 0) is 19.3 Å². The molecule has 1 amide bonds. The zero-order valence-electron chi connectivity index (χ0n) is 42.3. The number of allylic oxidation sites excluding steroid dienone is 1. The number of hydrogen-bond donors (Lipinski definition) is 12. The average Bonchev–Trinajstić information content (AvgIpc) is 3.35. The van der Waals surface area contributed by atoms with Crippen LogP contribution >= 0.6 is 0 Å². The summed E-state index contributed by atoms with van der Waals surface area (Å²) in [5, 5.41) is 119. The molecule has 3 aliphatic heterocycles. The largest absolute Gasteiger partial charge is 0.394 e. The summed E-state index contributed by atoms with van der Waals surface area (Å²) in [7, 11) is 0. The standard InChI is InChI=1S/C51H95NO18/c1-3-5-7-9-10-11-12-13-14-15-16-17-18-19-20-21-22-23-25-27-29-39(57)52-34(35(56)28-26-24-8-6-4-2)33-65-49-45(63)42(60)47(37(31-54)67-49)70-51-46(64)43(61)48(38(32-55)68-51)69-50-44(62)41(59)40(58)36(30-53)66-50/h26,28,34-38,40-51,53-56,58-64H,3-25,27,29-33H2,1-2H3,(H,52,57)/b28-26+. The maximum Gasteiger partial charge on any atom is 0.220 e. The van der Waals surface area contributed by atoms with Gasteiger partial charge < -0.3 is 89.9 Å². The number of carbonyl (C=O) groups excluding carboxylic acids is 1. The third-order valence-corrected chi connectivity index (χ3v) is 13.8. The van der Waals surface area contributed by atoms with E-state index in [1.165, 1.54) is 103 Å². The highest BCUT2D eigenvalue weighted by molar-refractivity contribution is 5.76. The van der Waals surface area contributed by atoms with Crippen LogP contribution < -0.4 is 5.32 Å². The molecule has 0 bridgehead atoms. The quantitative estimate of drug-likeness (QED) is 0.0313. The Balaban J connectivity index is 1.44. The lowest BCUT2D eigenvalue weighted by atomic mass is 9.96. The lowest BCUT2D eigenvalue weighted by Crippen LogP contribution is -2.66. The minimum absolute atomic E-state index is 0.247. The number of aliphatic hydroxyl groups excluding tert-OH is 11. The van der Waals surface area contributed by atoms with Crippen LogP contribution in [0.25, 0.3) is 0 Å². The first-order chi connectivity index (χ1) is 33.8. The zero-order chi connectivity index (χ0) is 51.3. The van der Waals surface area contributed by atoms with Crippen molar-refractivity contribution in [3.8, 4) is 0 Å². The fraction of sp³-hybridized carbons (Fsp3) is 0.941. The SMILES string of the molecule is CCCCC/C=C/C(O)C(COC1OC(CO)C(OC2OC(CO)C(OC3OC(CO)C(O)C(O)C3O)C(O)C2O)C(O)C1O)NC(=O)CCCCCCCCCCCCCCCCCCCCCC. The highest BCUT2D eigenvalue weighted by Crippen LogP contribution is 2.33. The highest BCUT2D eigenvalue weighted by Gasteiger charge is 2.53. The van der Waals surface area contributed by atoms with Gasteiger partial charge in [-0.3, -0.25) is 4.79 Å². The van der Waals surface area contributed by atoms with Gasteiger partial charge in [0.25, 0.3) is 0 Å². The number of ether oxygens (including phenoxy) is 6. The summed E-state index contributed by atoms with van der Waals surface area (Å²) in [5.41, 5.74) is 0. The van der Waals surface area contributed by atoms with Crippen LogP contribution in [0, 0.1) is 0 Å². The number of amides is 1. The number of hydrogen-bond acceptors (Lipinski definition) is 18.